The fourth-order valence-electron chi connectivity index (χ4n) is 2.06. The Kier molecular flexibility index (Phi) is 5.35. The topological polar surface area (TPSA) is 38.3 Å². The lowest BCUT2D eigenvalue weighted by molar-refractivity contribution is -0.148. The molecule has 0 aliphatic carbocycles. The third-order valence-electron chi connectivity index (χ3n) is 2.71. The third-order valence-corrected chi connectivity index (χ3v) is 3.24. The average Bonchev–Trinajstić information content (AvgIpc) is 2.30. The van der Waals surface area contributed by atoms with E-state index in [1.165, 1.54) is 7.11 Å². The summed E-state index contributed by atoms with van der Waals surface area (Å²) in [4.78, 5) is 11.9. The van der Waals surface area contributed by atoms with Crippen molar-refractivity contribution < 1.29 is 9.53 Å². The molecule has 1 aromatic carbocycles. The van der Waals surface area contributed by atoms with Gasteiger partial charge in [-0.2, -0.15) is 0 Å². The van der Waals surface area contributed by atoms with Crippen LogP contribution < -0.4 is 5.32 Å². The molecule has 0 saturated carbocycles. The first-order valence-electron chi connectivity index (χ1n) is 5.98. The monoisotopic (exact) mass is 313 g/mol. The molecule has 1 atom stereocenters. The number of methoxy groups -OCH3 is 1. The van der Waals surface area contributed by atoms with Gasteiger partial charge in [0.15, 0.2) is 0 Å². The van der Waals surface area contributed by atoms with Crippen LogP contribution in [0.2, 0.25) is 0 Å². The summed E-state index contributed by atoms with van der Waals surface area (Å²) in [6.45, 7) is 5.91. The fraction of sp³-hybridized carbons (Fsp3) is 0.500. The van der Waals surface area contributed by atoms with Crippen LogP contribution >= 0.6 is 15.9 Å². The number of nitrogens with one attached hydrogen (secondary N) is 1. The number of hydrogen-bond acceptors (Lipinski definition) is 3. The summed E-state index contributed by atoms with van der Waals surface area (Å²) < 4.78 is 5.93. The molecule has 100 valence electrons. The van der Waals surface area contributed by atoms with E-state index in [1.54, 1.807) is 0 Å². The maximum atomic E-state index is 11.9. The molecule has 0 aromatic heterocycles. The summed E-state index contributed by atoms with van der Waals surface area (Å²) in [6.07, 6.45) is 0.602. The number of esters is 1. The quantitative estimate of drug-likeness (QED) is 0.849. The van der Waals surface area contributed by atoms with E-state index in [0.717, 1.165) is 10.0 Å². The highest BCUT2D eigenvalue weighted by Gasteiger charge is 2.34. The lowest BCUT2D eigenvalue weighted by Crippen LogP contribution is -2.54. The van der Waals surface area contributed by atoms with Crippen LogP contribution in [0.15, 0.2) is 28.7 Å². The highest BCUT2D eigenvalue weighted by atomic mass is 79.9. The molecule has 0 aliphatic heterocycles. The Morgan fingerprint density at radius 2 is 1.94 bits per heavy atom. The normalized spacial score (nSPS) is 14.3. The van der Waals surface area contributed by atoms with Crippen LogP contribution in [-0.4, -0.2) is 24.7 Å². The average molecular weight is 314 g/mol. The SMILES string of the molecule is COC(=O)C(C)(Cc1ccc(Br)cc1)NC(C)C. The van der Waals surface area contributed by atoms with Crippen LogP contribution in [0.25, 0.3) is 0 Å². The van der Waals surface area contributed by atoms with Gasteiger partial charge >= 0.3 is 5.97 Å². The molecular weight excluding hydrogens is 294 g/mol. The van der Waals surface area contributed by atoms with Crippen molar-refractivity contribution in [3.8, 4) is 0 Å². The van der Waals surface area contributed by atoms with Crippen LogP contribution in [-0.2, 0) is 16.0 Å². The predicted octanol–water partition coefficient (Wildman–Crippen LogP) is 2.92. The first-order chi connectivity index (χ1) is 8.37. The molecule has 1 aromatic rings. The smallest absolute Gasteiger partial charge is 0.326 e. The summed E-state index contributed by atoms with van der Waals surface area (Å²) >= 11 is 3.40. The van der Waals surface area contributed by atoms with E-state index in [2.05, 4.69) is 21.2 Å². The van der Waals surface area contributed by atoms with Crippen molar-refractivity contribution in [2.45, 2.75) is 38.8 Å². The largest absolute Gasteiger partial charge is 0.468 e. The van der Waals surface area contributed by atoms with Crippen molar-refractivity contribution in [3.05, 3.63) is 34.3 Å². The molecular formula is C14H20BrNO2. The molecule has 1 rings (SSSR count). The van der Waals surface area contributed by atoms with E-state index in [4.69, 9.17) is 4.74 Å². The second-order valence-corrected chi connectivity index (χ2v) is 5.84. The highest BCUT2D eigenvalue weighted by Crippen LogP contribution is 2.18. The molecule has 1 unspecified atom stereocenters. The van der Waals surface area contributed by atoms with Gasteiger partial charge in [-0.25, -0.2) is 0 Å². The van der Waals surface area contributed by atoms with E-state index in [1.807, 2.05) is 45.0 Å². The number of rotatable bonds is 5. The van der Waals surface area contributed by atoms with E-state index in [9.17, 15) is 4.79 Å². The van der Waals surface area contributed by atoms with E-state index < -0.39 is 5.54 Å². The first-order valence-corrected chi connectivity index (χ1v) is 6.77. The van der Waals surface area contributed by atoms with Gasteiger partial charge in [-0.05, 0) is 38.5 Å². The number of halogens is 1. The van der Waals surface area contributed by atoms with Gasteiger partial charge in [0.1, 0.15) is 5.54 Å². The Morgan fingerprint density at radius 1 is 1.39 bits per heavy atom. The van der Waals surface area contributed by atoms with Gasteiger partial charge in [-0.3, -0.25) is 10.1 Å². The lowest BCUT2D eigenvalue weighted by atomic mass is 9.92. The standard InChI is InChI=1S/C14H20BrNO2/c1-10(2)16-14(3,13(17)18-4)9-11-5-7-12(15)8-6-11/h5-8,10,16H,9H2,1-4H3. The van der Waals surface area contributed by atoms with Crippen LogP contribution in [0, 0.1) is 0 Å². The maximum Gasteiger partial charge on any atom is 0.326 e. The zero-order chi connectivity index (χ0) is 13.8. The molecule has 0 bridgehead atoms. The second kappa shape index (κ2) is 6.34. The Balaban J connectivity index is 2.90. The van der Waals surface area contributed by atoms with Crippen molar-refractivity contribution in [2.24, 2.45) is 0 Å². The summed E-state index contributed by atoms with van der Waals surface area (Å²) in [5.74, 6) is -0.237. The molecule has 0 fully saturated rings. The zero-order valence-corrected chi connectivity index (χ0v) is 12.9. The Bertz CT molecular complexity index is 403. The molecule has 18 heavy (non-hydrogen) atoms. The van der Waals surface area contributed by atoms with Crippen molar-refractivity contribution in [1.82, 2.24) is 5.32 Å². The minimum absolute atomic E-state index is 0.213. The number of benzene rings is 1. The van der Waals surface area contributed by atoms with E-state index in [-0.39, 0.29) is 12.0 Å². The van der Waals surface area contributed by atoms with Crippen LogP contribution in [0.5, 0.6) is 0 Å². The van der Waals surface area contributed by atoms with Gasteiger partial charge in [0, 0.05) is 16.9 Å². The predicted molar refractivity (Wildman–Crippen MR) is 76.5 cm³/mol. The molecule has 1 N–H and O–H groups in total. The summed E-state index contributed by atoms with van der Waals surface area (Å²) in [5, 5.41) is 3.28. The molecule has 3 nitrogen and oxygen atoms in total. The van der Waals surface area contributed by atoms with Gasteiger partial charge in [0.25, 0.3) is 0 Å². The second-order valence-electron chi connectivity index (χ2n) is 4.93. The van der Waals surface area contributed by atoms with Crippen molar-refractivity contribution in [2.75, 3.05) is 7.11 Å². The van der Waals surface area contributed by atoms with Crippen LogP contribution in [0.3, 0.4) is 0 Å². The molecule has 0 heterocycles. The number of hydrogen-bond donors (Lipinski definition) is 1. The van der Waals surface area contributed by atoms with Crippen molar-refractivity contribution >= 4 is 21.9 Å². The van der Waals surface area contributed by atoms with E-state index in [0.29, 0.717) is 6.42 Å². The van der Waals surface area contributed by atoms with Gasteiger partial charge in [-0.15, -0.1) is 0 Å². The van der Waals surface area contributed by atoms with Gasteiger partial charge in [0.2, 0.25) is 0 Å². The summed E-state index contributed by atoms with van der Waals surface area (Å²) in [6, 6.07) is 8.18. The Hall–Kier alpha value is -0.870. The van der Waals surface area contributed by atoms with E-state index >= 15 is 0 Å². The van der Waals surface area contributed by atoms with Crippen LogP contribution in [0.1, 0.15) is 26.3 Å². The minimum atomic E-state index is -0.698. The number of carbonyl (C=O) groups excluding carboxylic acids is 1. The number of ether oxygens (including phenoxy) is 1. The maximum absolute atomic E-state index is 11.9. The summed E-state index contributed by atoms with van der Waals surface area (Å²) in [5.41, 5.74) is 0.399. The van der Waals surface area contributed by atoms with Crippen LogP contribution in [0.4, 0.5) is 0 Å². The molecule has 0 spiro atoms. The molecule has 0 radical (unpaired) electrons. The molecule has 0 amide bonds. The zero-order valence-electron chi connectivity index (χ0n) is 11.3. The molecule has 0 aliphatic rings. The van der Waals surface area contributed by atoms with Gasteiger partial charge in [0.05, 0.1) is 7.11 Å². The third kappa shape index (κ3) is 4.10. The molecule has 0 saturated heterocycles. The van der Waals surface area contributed by atoms with Crippen molar-refractivity contribution in [3.63, 3.8) is 0 Å². The number of carbonyl (C=O) groups is 1. The Morgan fingerprint density at radius 3 is 2.39 bits per heavy atom. The molecule has 4 heteroatoms. The van der Waals surface area contributed by atoms with Crippen molar-refractivity contribution in [1.29, 1.82) is 0 Å². The van der Waals surface area contributed by atoms with Gasteiger partial charge in [-0.1, -0.05) is 28.1 Å². The fourth-order valence-corrected chi connectivity index (χ4v) is 2.32. The highest BCUT2D eigenvalue weighted by molar-refractivity contribution is 9.10. The Labute approximate surface area is 117 Å². The first kappa shape index (κ1) is 15.2. The lowest BCUT2D eigenvalue weighted by Gasteiger charge is -2.30. The summed E-state index contributed by atoms with van der Waals surface area (Å²) in [7, 11) is 1.42. The minimum Gasteiger partial charge on any atom is -0.468 e. The van der Waals surface area contributed by atoms with Gasteiger partial charge < -0.3 is 4.74 Å².